The number of hydrogen-bond acceptors (Lipinski definition) is 3. The van der Waals surface area contributed by atoms with E-state index in [2.05, 4.69) is 19.3 Å². The summed E-state index contributed by atoms with van der Waals surface area (Å²) < 4.78 is 5.36. The summed E-state index contributed by atoms with van der Waals surface area (Å²) in [4.78, 5) is 5.24. The number of hydrogen-bond donors (Lipinski definition) is 1. The molecule has 0 radical (unpaired) electrons. The smallest absolute Gasteiger partial charge is 0.113 e. The molecular formula is C10H19NO2. The van der Waals surface area contributed by atoms with Crippen molar-refractivity contribution in [3.05, 3.63) is 12.3 Å². The van der Waals surface area contributed by atoms with Gasteiger partial charge in [0.15, 0.2) is 0 Å². The largest absolute Gasteiger partial charge is 0.497 e. The Labute approximate surface area is 80.1 Å². The molecule has 0 aromatic heterocycles. The minimum absolute atomic E-state index is 0.275. The lowest BCUT2D eigenvalue weighted by Crippen LogP contribution is -2.30. The van der Waals surface area contributed by atoms with E-state index in [1.54, 1.807) is 6.26 Å². The Morgan fingerprint density at radius 3 is 3.08 bits per heavy atom. The maximum Gasteiger partial charge on any atom is 0.113 e. The molecule has 0 aliphatic carbocycles. The molecule has 1 aliphatic rings. The van der Waals surface area contributed by atoms with Crippen LogP contribution >= 0.6 is 0 Å². The van der Waals surface area contributed by atoms with Gasteiger partial charge in [-0.1, -0.05) is 13.8 Å². The molecule has 1 rings (SSSR count). The van der Waals surface area contributed by atoms with Gasteiger partial charge in [0.1, 0.15) is 6.10 Å². The lowest BCUT2D eigenvalue weighted by Gasteiger charge is -2.19. The van der Waals surface area contributed by atoms with E-state index < -0.39 is 0 Å². The second-order valence-electron chi connectivity index (χ2n) is 3.76. The predicted octanol–water partition coefficient (Wildman–Crippen LogP) is 1.86. The number of rotatable bonds is 5. The molecule has 0 aromatic carbocycles. The van der Waals surface area contributed by atoms with Crippen molar-refractivity contribution in [3.8, 4) is 0 Å². The molecule has 1 aliphatic heterocycles. The minimum atomic E-state index is 0.275. The van der Waals surface area contributed by atoms with Gasteiger partial charge in [0.05, 0.1) is 19.4 Å². The normalized spacial score (nSPS) is 21.9. The SMILES string of the molecule is CC(C)CONCC1CCC=CO1. The van der Waals surface area contributed by atoms with E-state index in [0.717, 1.165) is 26.0 Å². The Kier molecular flexibility index (Phi) is 4.86. The lowest BCUT2D eigenvalue weighted by molar-refractivity contribution is -0.00556. The van der Waals surface area contributed by atoms with E-state index in [1.165, 1.54) is 0 Å². The van der Waals surface area contributed by atoms with Gasteiger partial charge in [0, 0.05) is 0 Å². The maximum atomic E-state index is 5.36. The van der Waals surface area contributed by atoms with Crippen LogP contribution in [0.5, 0.6) is 0 Å². The number of nitrogens with one attached hydrogen (secondary N) is 1. The van der Waals surface area contributed by atoms with E-state index in [4.69, 9.17) is 9.57 Å². The van der Waals surface area contributed by atoms with Crippen LogP contribution in [-0.4, -0.2) is 19.3 Å². The first-order chi connectivity index (χ1) is 6.29. The Bertz CT molecular complexity index is 157. The Morgan fingerprint density at radius 2 is 2.46 bits per heavy atom. The van der Waals surface area contributed by atoms with E-state index in [-0.39, 0.29) is 6.10 Å². The van der Waals surface area contributed by atoms with Gasteiger partial charge in [-0.2, -0.15) is 5.48 Å². The van der Waals surface area contributed by atoms with Crippen molar-refractivity contribution in [2.75, 3.05) is 13.2 Å². The number of allylic oxidation sites excluding steroid dienone is 1. The van der Waals surface area contributed by atoms with Gasteiger partial charge in [-0.25, -0.2) is 0 Å². The predicted molar refractivity (Wildman–Crippen MR) is 52.0 cm³/mol. The summed E-state index contributed by atoms with van der Waals surface area (Å²) in [7, 11) is 0. The standard InChI is InChI=1S/C10H19NO2/c1-9(2)8-13-11-7-10-5-3-4-6-12-10/h4,6,9-11H,3,5,7-8H2,1-2H3. The molecule has 0 saturated carbocycles. The summed E-state index contributed by atoms with van der Waals surface area (Å²) in [6.07, 6.45) is 6.28. The first kappa shape index (κ1) is 10.5. The van der Waals surface area contributed by atoms with Gasteiger partial charge in [-0.05, 0) is 24.8 Å². The monoisotopic (exact) mass is 185 g/mol. The molecule has 0 amide bonds. The molecule has 1 atom stereocenters. The van der Waals surface area contributed by atoms with Crippen LogP contribution in [0.4, 0.5) is 0 Å². The molecule has 0 saturated heterocycles. The average molecular weight is 185 g/mol. The molecule has 0 spiro atoms. The summed E-state index contributed by atoms with van der Waals surface area (Å²) in [6, 6.07) is 0. The third kappa shape index (κ3) is 4.90. The van der Waals surface area contributed by atoms with Crippen LogP contribution in [0.2, 0.25) is 0 Å². The molecule has 1 N–H and O–H groups in total. The van der Waals surface area contributed by atoms with Crippen LogP contribution in [0, 0.1) is 5.92 Å². The Balaban J connectivity index is 1.96. The molecule has 0 aromatic rings. The van der Waals surface area contributed by atoms with Crippen LogP contribution in [0.25, 0.3) is 0 Å². The molecule has 76 valence electrons. The number of ether oxygens (including phenoxy) is 1. The van der Waals surface area contributed by atoms with Crippen molar-refractivity contribution in [2.45, 2.75) is 32.8 Å². The van der Waals surface area contributed by atoms with Crippen LogP contribution in [0.3, 0.4) is 0 Å². The molecule has 13 heavy (non-hydrogen) atoms. The zero-order valence-corrected chi connectivity index (χ0v) is 8.45. The van der Waals surface area contributed by atoms with Crippen molar-refractivity contribution >= 4 is 0 Å². The van der Waals surface area contributed by atoms with Crippen LogP contribution in [0.15, 0.2) is 12.3 Å². The highest BCUT2D eigenvalue weighted by atomic mass is 16.6. The van der Waals surface area contributed by atoms with Crippen molar-refractivity contribution in [1.29, 1.82) is 0 Å². The third-order valence-electron chi connectivity index (χ3n) is 1.85. The van der Waals surface area contributed by atoms with E-state index >= 15 is 0 Å². The Morgan fingerprint density at radius 1 is 1.62 bits per heavy atom. The zero-order valence-electron chi connectivity index (χ0n) is 8.45. The van der Waals surface area contributed by atoms with Gasteiger partial charge >= 0.3 is 0 Å². The van der Waals surface area contributed by atoms with Gasteiger partial charge in [0.25, 0.3) is 0 Å². The first-order valence-corrected chi connectivity index (χ1v) is 4.94. The van der Waals surface area contributed by atoms with Crippen LogP contribution in [0.1, 0.15) is 26.7 Å². The topological polar surface area (TPSA) is 30.5 Å². The Hall–Kier alpha value is -0.540. The average Bonchev–Trinajstić information content (AvgIpc) is 2.14. The van der Waals surface area contributed by atoms with Crippen molar-refractivity contribution in [3.63, 3.8) is 0 Å². The molecule has 0 bridgehead atoms. The van der Waals surface area contributed by atoms with Gasteiger partial charge in [-0.3, -0.25) is 0 Å². The summed E-state index contributed by atoms with van der Waals surface area (Å²) in [5, 5.41) is 0. The minimum Gasteiger partial charge on any atom is -0.497 e. The summed E-state index contributed by atoms with van der Waals surface area (Å²) >= 11 is 0. The van der Waals surface area contributed by atoms with Gasteiger partial charge in [-0.15, -0.1) is 0 Å². The fourth-order valence-corrected chi connectivity index (χ4v) is 1.11. The fraction of sp³-hybridized carbons (Fsp3) is 0.800. The van der Waals surface area contributed by atoms with Crippen LogP contribution in [-0.2, 0) is 9.57 Å². The summed E-state index contributed by atoms with van der Waals surface area (Å²) in [5.41, 5.74) is 2.93. The highest BCUT2D eigenvalue weighted by Gasteiger charge is 2.09. The molecule has 1 heterocycles. The van der Waals surface area contributed by atoms with Crippen molar-refractivity contribution in [2.24, 2.45) is 5.92 Å². The van der Waals surface area contributed by atoms with Gasteiger partial charge < -0.3 is 9.57 Å². The van der Waals surface area contributed by atoms with E-state index in [9.17, 15) is 0 Å². The third-order valence-corrected chi connectivity index (χ3v) is 1.85. The second-order valence-corrected chi connectivity index (χ2v) is 3.76. The first-order valence-electron chi connectivity index (χ1n) is 4.94. The van der Waals surface area contributed by atoms with E-state index in [0.29, 0.717) is 5.92 Å². The van der Waals surface area contributed by atoms with Crippen molar-refractivity contribution < 1.29 is 9.57 Å². The molecule has 0 fully saturated rings. The zero-order chi connectivity index (χ0) is 9.52. The fourth-order valence-electron chi connectivity index (χ4n) is 1.11. The second kappa shape index (κ2) is 6.00. The van der Waals surface area contributed by atoms with Gasteiger partial charge in [0.2, 0.25) is 0 Å². The molecule has 3 heteroatoms. The molecular weight excluding hydrogens is 166 g/mol. The highest BCUT2D eigenvalue weighted by molar-refractivity contribution is 4.82. The maximum absolute atomic E-state index is 5.36. The van der Waals surface area contributed by atoms with Crippen LogP contribution < -0.4 is 5.48 Å². The lowest BCUT2D eigenvalue weighted by atomic mass is 10.2. The summed E-state index contributed by atoms with van der Waals surface area (Å²) in [5.74, 6) is 0.569. The summed E-state index contributed by atoms with van der Waals surface area (Å²) in [6.45, 7) is 5.78. The molecule has 1 unspecified atom stereocenters. The highest BCUT2D eigenvalue weighted by Crippen LogP contribution is 2.08. The van der Waals surface area contributed by atoms with E-state index in [1.807, 2.05) is 6.08 Å². The van der Waals surface area contributed by atoms with Crippen molar-refractivity contribution in [1.82, 2.24) is 5.48 Å². The molecule has 3 nitrogen and oxygen atoms in total. The quantitative estimate of drug-likeness (QED) is 0.524. The number of hydroxylamine groups is 1.